The Hall–Kier alpha value is -1.87. The normalized spacial score (nSPS) is 12.2. The second-order valence-corrected chi connectivity index (χ2v) is 3.78. The molecule has 1 atom stereocenters. The zero-order valence-electron chi connectivity index (χ0n) is 9.43. The summed E-state index contributed by atoms with van der Waals surface area (Å²) in [5, 5.41) is 9.43. The molecular formula is C14H13FO2. The summed E-state index contributed by atoms with van der Waals surface area (Å²) in [5.41, 5.74) is 0.623. The van der Waals surface area contributed by atoms with E-state index in [9.17, 15) is 9.50 Å². The fourth-order valence-electron chi connectivity index (χ4n) is 1.47. The molecule has 0 bridgehead atoms. The Labute approximate surface area is 99.3 Å². The summed E-state index contributed by atoms with van der Waals surface area (Å²) in [6.45, 7) is 1.62. The molecule has 0 amide bonds. The summed E-state index contributed by atoms with van der Waals surface area (Å²) in [7, 11) is 0. The first kappa shape index (κ1) is 11.6. The maximum Gasteiger partial charge on any atom is 0.165 e. The fraction of sp³-hybridized carbons (Fsp3) is 0.143. The van der Waals surface area contributed by atoms with Crippen LogP contribution >= 0.6 is 0 Å². The summed E-state index contributed by atoms with van der Waals surface area (Å²) >= 11 is 0. The third-order valence-corrected chi connectivity index (χ3v) is 2.41. The van der Waals surface area contributed by atoms with E-state index in [1.807, 2.05) is 18.2 Å². The summed E-state index contributed by atoms with van der Waals surface area (Å²) in [4.78, 5) is 0. The molecule has 17 heavy (non-hydrogen) atoms. The number of para-hydroxylation sites is 1. The van der Waals surface area contributed by atoms with Gasteiger partial charge < -0.3 is 9.84 Å². The van der Waals surface area contributed by atoms with Crippen LogP contribution in [0.15, 0.2) is 48.5 Å². The first-order valence-electron chi connectivity index (χ1n) is 5.37. The molecule has 3 heteroatoms. The molecule has 1 unspecified atom stereocenters. The van der Waals surface area contributed by atoms with E-state index in [0.29, 0.717) is 11.3 Å². The summed E-state index contributed by atoms with van der Waals surface area (Å²) in [5.74, 6) is 0.238. The van der Waals surface area contributed by atoms with Crippen molar-refractivity contribution in [2.45, 2.75) is 13.0 Å². The minimum absolute atomic E-state index is 0.120. The van der Waals surface area contributed by atoms with Gasteiger partial charge >= 0.3 is 0 Å². The van der Waals surface area contributed by atoms with Crippen molar-refractivity contribution in [3.63, 3.8) is 0 Å². The predicted molar refractivity (Wildman–Crippen MR) is 63.5 cm³/mol. The largest absolute Gasteiger partial charge is 0.454 e. The SMILES string of the molecule is CC(O)c1ccc(F)c(Oc2ccccc2)c1. The second-order valence-electron chi connectivity index (χ2n) is 3.78. The number of ether oxygens (including phenoxy) is 1. The molecule has 0 fully saturated rings. The Bertz CT molecular complexity index is 495. The molecule has 0 heterocycles. The van der Waals surface area contributed by atoms with Gasteiger partial charge in [0.25, 0.3) is 0 Å². The molecular weight excluding hydrogens is 219 g/mol. The van der Waals surface area contributed by atoms with E-state index in [1.165, 1.54) is 18.2 Å². The van der Waals surface area contributed by atoms with E-state index in [-0.39, 0.29) is 5.75 Å². The lowest BCUT2D eigenvalue weighted by molar-refractivity contribution is 0.198. The summed E-state index contributed by atoms with van der Waals surface area (Å²) < 4.78 is 18.9. The first-order chi connectivity index (χ1) is 8.16. The molecule has 2 aromatic carbocycles. The van der Waals surface area contributed by atoms with Gasteiger partial charge in [-0.3, -0.25) is 0 Å². The number of aliphatic hydroxyl groups is 1. The molecule has 88 valence electrons. The smallest absolute Gasteiger partial charge is 0.165 e. The van der Waals surface area contributed by atoms with Crippen molar-refractivity contribution in [2.75, 3.05) is 0 Å². The average Bonchev–Trinajstić information content (AvgIpc) is 2.33. The van der Waals surface area contributed by atoms with Gasteiger partial charge in [-0.15, -0.1) is 0 Å². The number of rotatable bonds is 3. The number of halogens is 1. The van der Waals surface area contributed by atoms with Crippen molar-refractivity contribution in [1.82, 2.24) is 0 Å². The van der Waals surface area contributed by atoms with Gasteiger partial charge in [-0.25, -0.2) is 4.39 Å². The number of hydrogen-bond acceptors (Lipinski definition) is 2. The summed E-state index contributed by atoms with van der Waals surface area (Å²) in [6, 6.07) is 13.3. The molecule has 0 spiro atoms. The van der Waals surface area contributed by atoms with Crippen LogP contribution in [0.25, 0.3) is 0 Å². The Balaban J connectivity index is 2.29. The van der Waals surface area contributed by atoms with Gasteiger partial charge in [0, 0.05) is 0 Å². The molecule has 0 radical (unpaired) electrons. The second kappa shape index (κ2) is 4.97. The van der Waals surface area contributed by atoms with Crippen LogP contribution in [-0.4, -0.2) is 5.11 Å². The average molecular weight is 232 g/mol. The summed E-state index contributed by atoms with van der Waals surface area (Å²) in [6.07, 6.45) is -0.645. The minimum atomic E-state index is -0.645. The monoisotopic (exact) mass is 232 g/mol. The standard InChI is InChI=1S/C14H13FO2/c1-10(16)11-7-8-13(15)14(9-11)17-12-5-3-2-4-6-12/h2-10,16H,1H3. The lowest BCUT2D eigenvalue weighted by Gasteiger charge is -2.10. The Morgan fingerprint density at radius 1 is 1.12 bits per heavy atom. The number of benzene rings is 2. The molecule has 0 aliphatic heterocycles. The molecule has 0 saturated carbocycles. The molecule has 1 N–H and O–H groups in total. The highest BCUT2D eigenvalue weighted by Gasteiger charge is 2.08. The van der Waals surface area contributed by atoms with Crippen LogP contribution in [0, 0.1) is 5.82 Å². The Morgan fingerprint density at radius 3 is 2.47 bits per heavy atom. The van der Waals surface area contributed by atoms with Crippen molar-refractivity contribution in [3.8, 4) is 11.5 Å². The lowest BCUT2D eigenvalue weighted by Crippen LogP contribution is -1.94. The van der Waals surface area contributed by atoms with E-state index >= 15 is 0 Å². The number of aliphatic hydroxyl groups excluding tert-OH is 1. The van der Waals surface area contributed by atoms with E-state index in [1.54, 1.807) is 19.1 Å². The van der Waals surface area contributed by atoms with Crippen LogP contribution in [0.2, 0.25) is 0 Å². The van der Waals surface area contributed by atoms with Crippen molar-refractivity contribution in [3.05, 3.63) is 59.9 Å². The van der Waals surface area contributed by atoms with E-state index < -0.39 is 11.9 Å². The Morgan fingerprint density at radius 2 is 1.82 bits per heavy atom. The van der Waals surface area contributed by atoms with Crippen molar-refractivity contribution >= 4 is 0 Å². The Kier molecular flexibility index (Phi) is 3.40. The maximum atomic E-state index is 13.5. The zero-order valence-corrected chi connectivity index (χ0v) is 9.43. The van der Waals surface area contributed by atoms with Gasteiger partial charge in [0.15, 0.2) is 11.6 Å². The van der Waals surface area contributed by atoms with Crippen LogP contribution < -0.4 is 4.74 Å². The van der Waals surface area contributed by atoms with E-state index in [4.69, 9.17) is 4.74 Å². The first-order valence-corrected chi connectivity index (χ1v) is 5.37. The lowest BCUT2D eigenvalue weighted by atomic mass is 10.1. The van der Waals surface area contributed by atoms with Gasteiger partial charge in [0.1, 0.15) is 5.75 Å². The highest BCUT2D eigenvalue weighted by molar-refractivity contribution is 5.35. The van der Waals surface area contributed by atoms with Crippen molar-refractivity contribution < 1.29 is 14.2 Å². The van der Waals surface area contributed by atoms with Crippen LogP contribution in [0.5, 0.6) is 11.5 Å². The third-order valence-electron chi connectivity index (χ3n) is 2.41. The van der Waals surface area contributed by atoms with Crippen molar-refractivity contribution in [1.29, 1.82) is 0 Å². The molecule has 0 aliphatic carbocycles. The van der Waals surface area contributed by atoms with Gasteiger partial charge in [0.2, 0.25) is 0 Å². The van der Waals surface area contributed by atoms with Gasteiger partial charge in [0.05, 0.1) is 6.10 Å². The molecule has 2 rings (SSSR count). The van der Waals surface area contributed by atoms with Crippen molar-refractivity contribution in [2.24, 2.45) is 0 Å². The molecule has 0 saturated heterocycles. The molecule has 0 aliphatic rings. The fourth-order valence-corrected chi connectivity index (χ4v) is 1.47. The third kappa shape index (κ3) is 2.82. The van der Waals surface area contributed by atoms with Crippen LogP contribution in [0.3, 0.4) is 0 Å². The minimum Gasteiger partial charge on any atom is -0.454 e. The quantitative estimate of drug-likeness (QED) is 0.874. The predicted octanol–water partition coefficient (Wildman–Crippen LogP) is 3.67. The molecule has 0 aromatic heterocycles. The highest BCUT2D eigenvalue weighted by atomic mass is 19.1. The van der Waals surface area contributed by atoms with Crippen LogP contribution in [-0.2, 0) is 0 Å². The number of hydrogen-bond donors (Lipinski definition) is 1. The maximum absolute atomic E-state index is 13.5. The van der Waals surface area contributed by atoms with Gasteiger partial charge in [-0.05, 0) is 36.8 Å². The highest BCUT2D eigenvalue weighted by Crippen LogP contribution is 2.27. The van der Waals surface area contributed by atoms with E-state index in [2.05, 4.69) is 0 Å². The zero-order chi connectivity index (χ0) is 12.3. The van der Waals surface area contributed by atoms with Gasteiger partial charge in [-0.2, -0.15) is 0 Å². The van der Waals surface area contributed by atoms with Crippen LogP contribution in [0.4, 0.5) is 4.39 Å². The topological polar surface area (TPSA) is 29.5 Å². The van der Waals surface area contributed by atoms with Crippen LogP contribution in [0.1, 0.15) is 18.6 Å². The molecule has 2 aromatic rings. The molecule has 2 nitrogen and oxygen atoms in total. The van der Waals surface area contributed by atoms with Gasteiger partial charge in [-0.1, -0.05) is 24.3 Å². The van der Waals surface area contributed by atoms with E-state index in [0.717, 1.165) is 0 Å².